The number of aryl methyl sites for hydroxylation is 1. The first-order valence-corrected chi connectivity index (χ1v) is 12.4. The third kappa shape index (κ3) is 4.24. The highest BCUT2D eigenvalue weighted by Gasteiger charge is 2.43. The third-order valence-corrected chi connectivity index (χ3v) is 9.52. The molecule has 2 unspecified atom stereocenters. The van der Waals surface area contributed by atoms with Crippen LogP contribution in [0.5, 0.6) is 0 Å². The van der Waals surface area contributed by atoms with E-state index in [1.807, 2.05) is 30.3 Å². The first-order chi connectivity index (χ1) is 14.6. The molecule has 1 heterocycles. The number of halogens is 1. The molecule has 5 heteroatoms. The van der Waals surface area contributed by atoms with E-state index in [1.165, 1.54) is 10.5 Å². The van der Waals surface area contributed by atoms with E-state index in [-0.39, 0.29) is 0 Å². The lowest BCUT2D eigenvalue weighted by molar-refractivity contribution is 0.220. The number of nitriles is 1. The van der Waals surface area contributed by atoms with E-state index in [2.05, 4.69) is 42.7 Å². The number of unbranched alkanes of at least 4 members (excludes halogenated alkanes) is 1. The molecule has 0 radical (unpaired) electrons. The van der Waals surface area contributed by atoms with Gasteiger partial charge in [-0.15, -0.1) is 11.6 Å². The van der Waals surface area contributed by atoms with Crippen LogP contribution in [0.3, 0.4) is 0 Å². The Morgan fingerprint density at radius 3 is 2.27 bits per heavy atom. The Morgan fingerprint density at radius 2 is 1.70 bits per heavy atom. The average molecular weight is 442 g/mol. The predicted molar refractivity (Wildman–Crippen MR) is 126 cm³/mol. The van der Waals surface area contributed by atoms with E-state index in [0.29, 0.717) is 17.4 Å². The fraction of sp³-hybridized carbons (Fsp3) is 0.320. The summed E-state index contributed by atoms with van der Waals surface area (Å²) in [5.41, 5.74) is 2.18. The molecule has 0 fully saturated rings. The summed E-state index contributed by atoms with van der Waals surface area (Å²) in [5.74, 6) is 2.51. The van der Waals surface area contributed by atoms with Gasteiger partial charge in [-0.25, -0.2) is 0 Å². The van der Waals surface area contributed by atoms with E-state index < -0.39 is 15.9 Å². The number of nitrogens with zero attached hydrogens (tertiary/aromatic N) is 1. The van der Waals surface area contributed by atoms with Crippen molar-refractivity contribution in [3.63, 3.8) is 0 Å². The molecule has 2 atom stereocenters. The first kappa shape index (κ1) is 22.3. The molecule has 0 bridgehead atoms. The van der Waals surface area contributed by atoms with E-state index in [0.717, 1.165) is 29.1 Å². The molecule has 0 spiro atoms. The minimum Gasteiger partial charge on any atom is -0.492 e. The molecule has 1 aliphatic rings. The summed E-state index contributed by atoms with van der Waals surface area (Å²) in [5, 5.41) is 12.5. The highest BCUT2D eigenvalue weighted by atomic mass is 35.5. The van der Waals surface area contributed by atoms with Crippen molar-refractivity contribution in [2.75, 3.05) is 25.9 Å². The number of hydrogen-bond donors (Lipinski definition) is 0. The number of benzene rings is 2. The molecule has 2 aromatic carbocycles. The maximum atomic E-state index is 10.3. The average Bonchev–Trinajstić information content (AvgIpc) is 3.10. The fourth-order valence-electron chi connectivity index (χ4n) is 3.89. The zero-order valence-corrected chi connectivity index (χ0v) is 19.3. The van der Waals surface area contributed by atoms with Gasteiger partial charge in [0.2, 0.25) is 0 Å². The number of alkyl halides is 1. The van der Waals surface area contributed by atoms with Crippen LogP contribution in [0.15, 0.2) is 81.3 Å². The molecule has 0 N–H and O–H groups in total. The quantitative estimate of drug-likeness (QED) is 0.316. The summed E-state index contributed by atoms with van der Waals surface area (Å²) in [6.07, 6.45) is 1.89. The molecule has 158 valence electrons. The summed E-state index contributed by atoms with van der Waals surface area (Å²) < 4.78 is 11.6. The van der Waals surface area contributed by atoms with Gasteiger partial charge in [0.05, 0.1) is 20.3 Å². The van der Waals surface area contributed by atoms with Gasteiger partial charge in [0.25, 0.3) is 0 Å². The zero-order chi connectivity index (χ0) is 21.6. The van der Waals surface area contributed by atoms with Crippen LogP contribution in [-0.2, 0) is 9.47 Å². The Hall–Kier alpha value is -2.35. The van der Waals surface area contributed by atoms with Gasteiger partial charge in [-0.3, -0.25) is 0 Å². The Bertz CT molecular complexity index is 963. The number of allylic oxidation sites excluding steroid dienone is 1. The molecule has 2 aromatic rings. The Balaban J connectivity index is 2.26. The first-order valence-electron chi connectivity index (χ1n) is 10.0. The van der Waals surface area contributed by atoms with Gasteiger partial charge in [0, 0.05) is 16.2 Å². The van der Waals surface area contributed by atoms with Crippen LogP contribution in [0.1, 0.15) is 29.9 Å². The SMILES string of the molecule is COC1=CS(CCCCCl)(c2ccc(C)cc2)C(C(C#N)c2ccccc2)=C1OC. The van der Waals surface area contributed by atoms with Crippen molar-refractivity contribution >= 4 is 21.6 Å². The second kappa shape index (κ2) is 10.1. The highest BCUT2D eigenvalue weighted by Crippen LogP contribution is 2.72. The molecular weight excluding hydrogens is 414 g/mol. The predicted octanol–water partition coefficient (Wildman–Crippen LogP) is 6.84. The number of ether oxygens (including phenoxy) is 2. The Morgan fingerprint density at radius 1 is 1.00 bits per heavy atom. The Kier molecular flexibility index (Phi) is 7.53. The minimum absolute atomic E-state index is 0.419. The van der Waals surface area contributed by atoms with Crippen molar-refractivity contribution in [3.8, 4) is 6.07 Å². The van der Waals surface area contributed by atoms with Gasteiger partial charge >= 0.3 is 0 Å². The van der Waals surface area contributed by atoms with Gasteiger partial charge in [-0.1, -0.05) is 48.0 Å². The third-order valence-electron chi connectivity index (χ3n) is 5.39. The second-order valence-corrected chi connectivity index (χ2v) is 10.8. The van der Waals surface area contributed by atoms with Crippen molar-refractivity contribution in [2.45, 2.75) is 30.6 Å². The van der Waals surface area contributed by atoms with E-state index in [9.17, 15) is 5.26 Å². The maximum Gasteiger partial charge on any atom is 0.171 e. The van der Waals surface area contributed by atoms with Crippen molar-refractivity contribution in [1.82, 2.24) is 0 Å². The Labute approximate surface area is 186 Å². The van der Waals surface area contributed by atoms with E-state index in [1.54, 1.807) is 14.2 Å². The summed E-state index contributed by atoms with van der Waals surface area (Å²) in [7, 11) is 1.66. The van der Waals surface area contributed by atoms with Crippen molar-refractivity contribution in [3.05, 3.63) is 87.6 Å². The standard InChI is InChI=1S/C25H28ClNO2S/c1-19-11-13-21(14-12-19)30(16-8-7-15-26)18-23(28-2)24(29-3)25(30)22(17-27)20-9-5-4-6-10-20/h4-6,9-14,18,22H,7-8,15-16H2,1-3H3. The topological polar surface area (TPSA) is 42.2 Å². The summed E-state index contributed by atoms with van der Waals surface area (Å²) in [6.45, 7) is 2.09. The lowest BCUT2D eigenvalue weighted by Crippen LogP contribution is -2.13. The van der Waals surface area contributed by atoms with Crippen LogP contribution in [0.25, 0.3) is 0 Å². The monoisotopic (exact) mass is 441 g/mol. The smallest absolute Gasteiger partial charge is 0.171 e. The molecule has 1 aliphatic heterocycles. The van der Waals surface area contributed by atoms with Gasteiger partial charge in [0.1, 0.15) is 5.92 Å². The van der Waals surface area contributed by atoms with Crippen molar-refractivity contribution in [1.29, 1.82) is 5.26 Å². The van der Waals surface area contributed by atoms with Gasteiger partial charge < -0.3 is 9.47 Å². The normalized spacial score (nSPS) is 21.4. The molecule has 3 nitrogen and oxygen atoms in total. The number of methoxy groups -OCH3 is 2. The molecule has 0 saturated carbocycles. The molecule has 0 aromatic heterocycles. The van der Waals surface area contributed by atoms with Crippen LogP contribution in [0.2, 0.25) is 0 Å². The van der Waals surface area contributed by atoms with Gasteiger partial charge in [-0.2, -0.15) is 15.3 Å². The van der Waals surface area contributed by atoms with Crippen molar-refractivity contribution < 1.29 is 9.47 Å². The van der Waals surface area contributed by atoms with E-state index >= 15 is 0 Å². The van der Waals surface area contributed by atoms with E-state index in [4.69, 9.17) is 21.1 Å². The molecular formula is C25H28ClNO2S. The fourth-order valence-corrected chi connectivity index (χ4v) is 8.14. The minimum atomic E-state index is -1.67. The summed E-state index contributed by atoms with van der Waals surface area (Å²) in [6, 6.07) is 21.2. The van der Waals surface area contributed by atoms with Crippen LogP contribution in [0, 0.1) is 18.3 Å². The highest BCUT2D eigenvalue weighted by molar-refractivity contribution is 8.39. The maximum absolute atomic E-state index is 10.3. The molecule has 30 heavy (non-hydrogen) atoms. The number of hydrogen-bond acceptors (Lipinski definition) is 3. The molecule has 0 aliphatic carbocycles. The summed E-state index contributed by atoms with van der Waals surface area (Å²) in [4.78, 5) is 2.24. The van der Waals surface area contributed by atoms with Gasteiger partial charge in [-0.05, 0) is 48.1 Å². The van der Waals surface area contributed by atoms with Crippen LogP contribution < -0.4 is 0 Å². The van der Waals surface area contributed by atoms with Crippen LogP contribution in [0.4, 0.5) is 0 Å². The number of rotatable bonds is 9. The van der Waals surface area contributed by atoms with Crippen LogP contribution in [-0.4, -0.2) is 25.9 Å². The summed E-state index contributed by atoms with van der Waals surface area (Å²) >= 11 is 6.01. The molecule has 3 rings (SSSR count). The van der Waals surface area contributed by atoms with Crippen LogP contribution >= 0.6 is 21.6 Å². The molecule has 0 amide bonds. The van der Waals surface area contributed by atoms with Gasteiger partial charge in [0.15, 0.2) is 11.5 Å². The second-order valence-electron chi connectivity index (χ2n) is 7.26. The molecule has 0 saturated heterocycles. The largest absolute Gasteiger partial charge is 0.492 e. The zero-order valence-electron chi connectivity index (χ0n) is 17.7. The lowest BCUT2D eigenvalue weighted by atomic mass is 9.99. The van der Waals surface area contributed by atoms with Crippen molar-refractivity contribution in [2.24, 2.45) is 0 Å². The lowest BCUT2D eigenvalue weighted by Gasteiger charge is -2.39.